The van der Waals surface area contributed by atoms with Gasteiger partial charge in [-0.1, -0.05) is 24.3 Å². The van der Waals surface area contributed by atoms with E-state index >= 15 is 0 Å². The zero-order valence-corrected chi connectivity index (χ0v) is 16.9. The molecule has 2 amide bonds. The predicted octanol–water partition coefficient (Wildman–Crippen LogP) is 2.59. The average Bonchev–Trinajstić information content (AvgIpc) is 3.10. The fraction of sp³-hybridized carbons (Fsp3) is 0.391. The molecule has 1 N–H and O–H groups in total. The van der Waals surface area contributed by atoms with Gasteiger partial charge in [0, 0.05) is 18.7 Å². The van der Waals surface area contributed by atoms with E-state index in [0.29, 0.717) is 31.0 Å². The van der Waals surface area contributed by atoms with Crippen molar-refractivity contribution < 1.29 is 19.1 Å². The number of hydrogen-bond donors (Lipinski definition) is 1. The number of rotatable bonds is 4. The molecule has 0 radical (unpaired) electrons. The number of hydrogen-bond acceptors (Lipinski definition) is 4. The SMILES string of the molecule is COc1ccc(CC(=O)N2CCC3(CCc4ccccc4C(=O)N3)C2)cc1OC. The highest BCUT2D eigenvalue weighted by atomic mass is 16.5. The first kappa shape index (κ1) is 19.3. The smallest absolute Gasteiger partial charge is 0.252 e. The van der Waals surface area contributed by atoms with Crippen LogP contribution in [0.3, 0.4) is 0 Å². The summed E-state index contributed by atoms with van der Waals surface area (Å²) < 4.78 is 10.6. The number of carbonyl (C=O) groups is 2. The molecule has 1 spiro atoms. The molecule has 152 valence electrons. The Morgan fingerprint density at radius 2 is 1.90 bits per heavy atom. The van der Waals surface area contributed by atoms with Crippen molar-refractivity contribution in [2.75, 3.05) is 27.3 Å². The van der Waals surface area contributed by atoms with Gasteiger partial charge in [0.05, 0.1) is 26.2 Å². The molecule has 29 heavy (non-hydrogen) atoms. The number of carbonyl (C=O) groups excluding carboxylic acids is 2. The highest BCUT2D eigenvalue weighted by Gasteiger charge is 2.42. The second-order valence-corrected chi connectivity index (χ2v) is 7.82. The second-order valence-electron chi connectivity index (χ2n) is 7.82. The second kappa shape index (κ2) is 7.78. The van der Waals surface area contributed by atoms with Crippen LogP contribution >= 0.6 is 0 Å². The minimum atomic E-state index is -0.344. The lowest BCUT2D eigenvalue weighted by Gasteiger charge is -2.29. The van der Waals surface area contributed by atoms with E-state index in [1.807, 2.05) is 47.4 Å². The lowest BCUT2D eigenvalue weighted by Crippen LogP contribution is -2.50. The first-order chi connectivity index (χ1) is 14.0. The average molecular weight is 394 g/mol. The standard InChI is InChI=1S/C23H26N2O4/c1-28-19-8-7-16(13-20(19)29-2)14-21(26)25-12-11-23(15-25)10-9-17-5-3-4-6-18(17)22(27)24-23/h3-8,13H,9-12,14-15H2,1-2H3,(H,24,27). The van der Waals surface area contributed by atoms with E-state index in [-0.39, 0.29) is 17.4 Å². The van der Waals surface area contributed by atoms with Gasteiger partial charge in [-0.2, -0.15) is 0 Å². The molecule has 0 bridgehead atoms. The van der Waals surface area contributed by atoms with Gasteiger partial charge in [-0.3, -0.25) is 9.59 Å². The Morgan fingerprint density at radius 3 is 2.69 bits per heavy atom. The first-order valence-electron chi connectivity index (χ1n) is 9.93. The van der Waals surface area contributed by atoms with Crippen LogP contribution in [0, 0.1) is 0 Å². The summed E-state index contributed by atoms with van der Waals surface area (Å²) in [6.45, 7) is 1.21. The summed E-state index contributed by atoms with van der Waals surface area (Å²) in [5.41, 5.74) is 2.37. The molecule has 4 rings (SSSR count). The third-order valence-electron chi connectivity index (χ3n) is 6.02. The molecule has 2 aliphatic heterocycles. The number of nitrogens with zero attached hydrogens (tertiary/aromatic N) is 1. The maximum Gasteiger partial charge on any atom is 0.252 e. The zero-order chi connectivity index (χ0) is 20.4. The van der Waals surface area contributed by atoms with Crippen LogP contribution in [0.25, 0.3) is 0 Å². The van der Waals surface area contributed by atoms with E-state index in [9.17, 15) is 9.59 Å². The van der Waals surface area contributed by atoms with Gasteiger partial charge in [-0.25, -0.2) is 0 Å². The molecule has 2 aliphatic rings. The summed E-state index contributed by atoms with van der Waals surface area (Å²) in [6.07, 6.45) is 2.76. The molecule has 1 saturated heterocycles. The Balaban J connectivity index is 1.45. The van der Waals surface area contributed by atoms with Crippen LogP contribution in [0.15, 0.2) is 42.5 Å². The molecule has 1 unspecified atom stereocenters. The van der Waals surface area contributed by atoms with Gasteiger partial charge in [0.15, 0.2) is 11.5 Å². The van der Waals surface area contributed by atoms with Crippen molar-refractivity contribution >= 4 is 11.8 Å². The van der Waals surface area contributed by atoms with E-state index < -0.39 is 0 Å². The van der Waals surface area contributed by atoms with Gasteiger partial charge in [0.2, 0.25) is 5.91 Å². The van der Waals surface area contributed by atoms with Gasteiger partial charge in [0.1, 0.15) is 0 Å². The Bertz CT molecular complexity index is 942. The molecule has 1 atom stereocenters. The number of methoxy groups -OCH3 is 2. The van der Waals surface area contributed by atoms with E-state index in [0.717, 1.165) is 36.0 Å². The summed E-state index contributed by atoms with van der Waals surface area (Å²) in [5, 5.41) is 3.22. The molecule has 0 aliphatic carbocycles. The molecule has 1 fully saturated rings. The van der Waals surface area contributed by atoms with Crippen LogP contribution in [-0.2, 0) is 17.6 Å². The van der Waals surface area contributed by atoms with E-state index in [4.69, 9.17) is 9.47 Å². The van der Waals surface area contributed by atoms with E-state index in [1.165, 1.54) is 0 Å². The Labute approximate surface area is 170 Å². The monoisotopic (exact) mass is 394 g/mol. The van der Waals surface area contributed by atoms with Crippen molar-refractivity contribution in [1.29, 1.82) is 0 Å². The number of fused-ring (bicyclic) bond motifs is 1. The lowest BCUT2D eigenvalue weighted by atomic mass is 9.91. The molecule has 6 nitrogen and oxygen atoms in total. The summed E-state index contributed by atoms with van der Waals surface area (Å²) in [5.74, 6) is 1.28. The lowest BCUT2D eigenvalue weighted by molar-refractivity contribution is -0.129. The van der Waals surface area contributed by atoms with Crippen molar-refractivity contribution in [3.05, 3.63) is 59.2 Å². The predicted molar refractivity (Wildman–Crippen MR) is 109 cm³/mol. The van der Waals surface area contributed by atoms with Crippen LogP contribution in [0.5, 0.6) is 11.5 Å². The zero-order valence-electron chi connectivity index (χ0n) is 16.9. The fourth-order valence-corrected chi connectivity index (χ4v) is 4.37. The highest BCUT2D eigenvalue weighted by molar-refractivity contribution is 5.96. The summed E-state index contributed by atoms with van der Waals surface area (Å²) in [4.78, 5) is 27.5. The van der Waals surface area contributed by atoms with Crippen molar-refractivity contribution in [2.45, 2.75) is 31.2 Å². The third kappa shape index (κ3) is 3.79. The van der Waals surface area contributed by atoms with Crippen molar-refractivity contribution in [1.82, 2.24) is 10.2 Å². The summed E-state index contributed by atoms with van der Waals surface area (Å²) >= 11 is 0. The normalized spacial score (nSPS) is 20.8. The maximum absolute atomic E-state index is 12.9. The van der Waals surface area contributed by atoms with Crippen molar-refractivity contribution in [3.8, 4) is 11.5 Å². The van der Waals surface area contributed by atoms with Crippen LogP contribution < -0.4 is 14.8 Å². The number of benzene rings is 2. The van der Waals surface area contributed by atoms with Gasteiger partial charge in [0.25, 0.3) is 5.91 Å². The van der Waals surface area contributed by atoms with Crippen molar-refractivity contribution in [3.63, 3.8) is 0 Å². The largest absolute Gasteiger partial charge is 0.493 e. The molecule has 0 saturated carbocycles. The Hall–Kier alpha value is -3.02. The molecule has 2 aromatic rings. The molecule has 2 heterocycles. The van der Waals surface area contributed by atoms with Gasteiger partial charge >= 0.3 is 0 Å². The molecule has 0 aromatic heterocycles. The molecular formula is C23H26N2O4. The van der Waals surface area contributed by atoms with Gasteiger partial charge < -0.3 is 19.7 Å². The molecule has 6 heteroatoms. The van der Waals surface area contributed by atoms with Crippen LogP contribution in [0.2, 0.25) is 0 Å². The summed E-state index contributed by atoms with van der Waals surface area (Å²) in [6, 6.07) is 13.3. The van der Waals surface area contributed by atoms with E-state index in [1.54, 1.807) is 14.2 Å². The molecule has 2 aromatic carbocycles. The molecular weight excluding hydrogens is 368 g/mol. The minimum Gasteiger partial charge on any atom is -0.493 e. The van der Waals surface area contributed by atoms with Crippen LogP contribution in [0.1, 0.15) is 34.3 Å². The third-order valence-corrected chi connectivity index (χ3v) is 6.02. The minimum absolute atomic E-state index is 0.0349. The number of aryl methyl sites for hydroxylation is 1. The number of amides is 2. The Kier molecular flexibility index (Phi) is 5.18. The first-order valence-corrected chi connectivity index (χ1v) is 9.93. The Morgan fingerprint density at radius 1 is 1.10 bits per heavy atom. The number of nitrogens with one attached hydrogen (secondary N) is 1. The van der Waals surface area contributed by atoms with Gasteiger partial charge in [-0.05, 0) is 48.6 Å². The van der Waals surface area contributed by atoms with Crippen molar-refractivity contribution in [2.24, 2.45) is 0 Å². The van der Waals surface area contributed by atoms with Crippen LogP contribution in [0.4, 0.5) is 0 Å². The topological polar surface area (TPSA) is 67.9 Å². The number of ether oxygens (including phenoxy) is 2. The van der Waals surface area contributed by atoms with E-state index in [2.05, 4.69) is 5.32 Å². The summed E-state index contributed by atoms with van der Waals surface area (Å²) in [7, 11) is 3.17. The fourth-order valence-electron chi connectivity index (χ4n) is 4.37. The van der Waals surface area contributed by atoms with Crippen LogP contribution in [-0.4, -0.2) is 49.6 Å². The maximum atomic E-state index is 12.9. The number of likely N-dealkylation sites (tertiary alicyclic amines) is 1. The quantitative estimate of drug-likeness (QED) is 0.866. The highest BCUT2D eigenvalue weighted by Crippen LogP contribution is 2.32. The van der Waals surface area contributed by atoms with Gasteiger partial charge in [-0.15, -0.1) is 0 Å².